The molecule has 188 valence electrons. The van der Waals surface area contributed by atoms with Crippen LogP contribution in [0.4, 0.5) is 0 Å². The number of guanidine groups is 1. The Morgan fingerprint density at radius 1 is 0.842 bits per heavy atom. The largest absolute Gasteiger partial charge is 0.369 e. The van der Waals surface area contributed by atoms with Crippen molar-refractivity contribution in [3.63, 3.8) is 0 Å². The molecule has 0 saturated heterocycles. The van der Waals surface area contributed by atoms with Crippen LogP contribution in [0, 0.1) is 0 Å². The summed E-state index contributed by atoms with van der Waals surface area (Å²) in [5.41, 5.74) is 9.87. The summed E-state index contributed by atoms with van der Waals surface area (Å²) >= 11 is 0. The Morgan fingerprint density at radius 3 is 2.05 bits per heavy atom. The molecule has 8 nitrogen and oxygen atoms in total. The lowest BCUT2D eigenvalue weighted by atomic mass is 9.83. The lowest BCUT2D eigenvalue weighted by Gasteiger charge is -2.27. The lowest BCUT2D eigenvalue weighted by Crippen LogP contribution is -2.44. The van der Waals surface area contributed by atoms with E-state index in [9.17, 15) is 9.59 Å². The van der Waals surface area contributed by atoms with Crippen molar-refractivity contribution in [2.24, 2.45) is 10.7 Å². The lowest BCUT2D eigenvalue weighted by molar-refractivity contribution is -0.130. The molecular weight excluding hydrogens is 476 g/mol. The van der Waals surface area contributed by atoms with E-state index in [4.69, 9.17) is 10.7 Å². The van der Waals surface area contributed by atoms with Gasteiger partial charge in [0.25, 0.3) is 11.8 Å². The van der Waals surface area contributed by atoms with Gasteiger partial charge in [-0.05, 0) is 35.2 Å². The van der Waals surface area contributed by atoms with Gasteiger partial charge in [0.2, 0.25) is 0 Å². The SMILES string of the molecule is NC1=NC(c2ccccc2)(c2ccccc2)C(=O)N1CCc1cccc(C(=O)N2Cc3nccnc3C2)c1. The average molecular weight is 503 g/mol. The van der Waals surface area contributed by atoms with Crippen LogP contribution in [0.2, 0.25) is 0 Å². The van der Waals surface area contributed by atoms with Crippen LogP contribution in [-0.2, 0) is 29.8 Å². The van der Waals surface area contributed by atoms with Gasteiger partial charge in [-0.3, -0.25) is 24.5 Å². The Balaban J connectivity index is 1.21. The van der Waals surface area contributed by atoms with Gasteiger partial charge in [0.05, 0.1) is 24.5 Å². The summed E-state index contributed by atoms with van der Waals surface area (Å²) in [5.74, 6) is -0.0728. The quantitative estimate of drug-likeness (QED) is 0.436. The van der Waals surface area contributed by atoms with Crippen molar-refractivity contribution >= 4 is 17.8 Å². The van der Waals surface area contributed by atoms with Gasteiger partial charge in [-0.25, -0.2) is 4.99 Å². The van der Waals surface area contributed by atoms with E-state index in [0.717, 1.165) is 28.1 Å². The molecule has 1 aromatic heterocycles. The smallest absolute Gasteiger partial charge is 0.266 e. The number of aromatic nitrogens is 2. The monoisotopic (exact) mass is 502 g/mol. The number of benzene rings is 3. The van der Waals surface area contributed by atoms with Crippen molar-refractivity contribution < 1.29 is 9.59 Å². The fraction of sp³-hybridized carbons (Fsp3) is 0.167. The van der Waals surface area contributed by atoms with E-state index in [1.807, 2.05) is 84.9 Å². The van der Waals surface area contributed by atoms with E-state index in [2.05, 4.69) is 9.97 Å². The fourth-order valence-corrected chi connectivity index (χ4v) is 5.20. The van der Waals surface area contributed by atoms with E-state index >= 15 is 0 Å². The minimum Gasteiger partial charge on any atom is -0.369 e. The predicted octanol–water partition coefficient (Wildman–Crippen LogP) is 3.28. The second-order valence-corrected chi connectivity index (χ2v) is 9.43. The zero-order valence-electron chi connectivity index (χ0n) is 20.7. The van der Waals surface area contributed by atoms with E-state index in [1.165, 1.54) is 0 Å². The average Bonchev–Trinajstić information content (AvgIpc) is 3.51. The number of hydrogen-bond acceptors (Lipinski definition) is 6. The Hall–Kier alpha value is -4.85. The molecule has 6 rings (SSSR count). The summed E-state index contributed by atoms with van der Waals surface area (Å²) in [5, 5.41) is 0. The van der Waals surface area contributed by atoms with Crippen LogP contribution in [0.25, 0.3) is 0 Å². The fourth-order valence-electron chi connectivity index (χ4n) is 5.20. The second-order valence-electron chi connectivity index (χ2n) is 9.43. The molecule has 0 saturated carbocycles. The van der Waals surface area contributed by atoms with Crippen molar-refractivity contribution in [2.45, 2.75) is 25.0 Å². The summed E-state index contributed by atoms with van der Waals surface area (Å²) < 4.78 is 0. The molecule has 0 aliphatic carbocycles. The molecule has 8 heteroatoms. The maximum Gasteiger partial charge on any atom is 0.266 e. The summed E-state index contributed by atoms with van der Waals surface area (Å²) in [6.07, 6.45) is 3.81. The number of rotatable bonds is 6. The van der Waals surface area contributed by atoms with Crippen molar-refractivity contribution in [3.05, 3.63) is 131 Å². The second kappa shape index (κ2) is 9.55. The summed E-state index contributed by atoms with van der Waals surface area (Å²) in [6, 6.07) is 26.5. The molecule has 38 heavy (non-hydrogen) atoms. The number of hydrogen-bond donors (Lipinski definition) is 1. The molecular formula is C30H26N6O2. The van der Waals surface area contributed by atoms with E-state index in [0.29, 0.717) is 31.6 Å². The first-order chi connectivity index (χ1) is 18.6. The number of amides is 2. The third kappa shape index (κ3) is 4.00. The van der Waals surface area contributed by atoms with E-state index < -0.39 is 5.54 Å². The van der Waals surface area contributed by atoms with Gasteiger partial charge in [0.1, 0.15) is 0 Å². The van der Waals surface area contributed by atoms with Crippen LogP contribution < -0.4 is 5.73 Å². The van der Waals surface area contributed by atoms with Crippen molar-refractivity contribution in [2.75, 3.05) is 6.54 Å². The Labute approximate surface area is 220 Å². The highest BCUT2D eigenvalue weighted by molar-refractivity contribution is 6.09. The number of carbonyl (C=O) groups is 2. The molecule has 2 N–H and O–H groups in total. The van der Waals surface area contributed by atoms with Gasteiger partial charge in [-0.2, -0.15) is 0 Å². The molecule has 2 amide bonds. The zero-order valence-corrected chi connectivity index (χ0v) is 20.7. The number of nitrogens with zero attached hydrogens (tertiary/aromatic N) is 5. The maximum atomic E-state index is 14.0. The van der Waals surface area contributed by atoms with Gasteiger partial charge in [0.15, 0.2) is 11.5 Å². The molecule has 0 bridgehead atoms. The predicted molar refractivity (Wildman–Crippen MR) is 143 cm³/mol. The molecule has 0 radical (unpaired) electrons. The van der Waals surface area contributed by atoms with E-state index in [1.54, 1.807) is 22.2 Å². The molecule has 3 heterocycles. The van der Waals surface area contributed by atoms with Gasteiger partial charge < -0.3 is 10.6 Å². The third-order valence-corrected chi connectivity index (χ3v) is 7.12. The van der Waals surface area contributed by atoms with Gasteiger partial charge in [-0.1, -0.05) is 72.8 Å². The van der Waals surface area contributed by atoms with Gasteiger partial charge in [-0.15, -0.1) is 0 Å². The molecule has 0 spiro atoms. The molecule has 0 unspecified atom stereocenters. The van der Waals surface area contributed by atoms with E-state index in [-0.39, 0.29) is 17.8 Å². The van der Waals surface area contributed by atoms with Crippen molar-refractivity contribution in [1.82, 2.24) is 19.8 Å². The summed E-state index contributed by atoms with van der Waals surface area (Å²) in [7, 11) is 0. The highest BCUT2D eigenvalue weighted by atomic mass is 16.2. The minimum atomic E-state index is -1.22. The zero-order chi connectivity index (χ0) is 26.1. The molecule has 2 aliphatic heterocycles. The Morgan fingerprint density at radius 2 is 1.45 bits per heavy atom. The standard InChI is InChI=1S/C30H26N6O2/c31-29-34-30(23-10-3-1-4-11-23,24-12-5-2-6-13-24)28(38)36(29)17-14-21-8-7-9-22(18-21)27(37)35-19-25-26(20-35)33-16-15-32-25/h1-13,15-16,18H,14,17,19-20H2,(H2,31,34). The number of aliphatic imine (C=N–C) groups is 1. The molecule has 0 fully saturated rings. The van der Waals surface area contributed by atoms with Gasteiger partial charge in [0, 0.05) is 24.5 Å². The maximum absolute atomic E-state index is 14.0. The number of fused-ring (bicyclic) bond motifs is 1. The number of nitrogens with two attached hydrogens (primary N) is 1. The first-order valence-corrected chi connectivity index (χ1v) is 12.5. The first kappa shape index (κ1) is 23.5. The molecule has 2 aliphatic rings. The topological polar surface area (TPSA) is 105 Å². The number of carbonyl (C=O) groups excluding carboxylic acids is 2. The van der Waals surface area contributed by atoms with Crippen LogP contribution in [0.15, 0.2) is 102 Å². The molecule has 4 aromatic rings. The normalized spacial score (nSPS) is 15.9. The molecule has 0 atom stereocenters. The molecule has 3 aromatic carbocycles. The van der Waals surface area contributed by atoms with Crippen LogP contribution in [0.5, 0.6) is 0 Å². The van der Waals surface area contributed by atoms with Crippen LogP contribution in [0.3, 0.4) is 0 Å². The first-order valence-electron chi connectivity index (χ1n) is 12.5. The highest BCUT2D eigenvalue weighted by Gasteiger charge is 2.50. The Kier molecular flexibility index (Phi) is 5.92. The van der Waals surface area contributed by atoms with Gasteiger partial charge >= 0.3 is 0 Å². The van der Waals surface area contributed by atoms with Crippen LogP contribution >= 0.6 is 0 Å². The van der Waals surface area contributed by atoms with Crippen molar-refractivity contribution in [3.8, 4) is 0 Å². The Bertz CT molecular complexity index is 1470. The third-order valence-electron chi connectivity index (χ3n) is 7.12. The summed E-state index contributed by atoms with van der Waals surface area (Å²) in [6.45, 7) is 1.24. The van der Waals surface area contributed by atoms with Crippen LogP contribution in [0.1, 0.15) is 38.4 Å². The van der Waals surface area contributed by atoms with Crippen LogP contribution in [-0.4, -0.2) is 44.1 Å². The highest BCUT2D eigenvalue weighted by Crippen LogP contribution is 2.39. The minimum absolute atomic E-state index is 0.0721. The van der Waals surface area contributed by atoms with Crippen molar-refractivity contribution in [1.29, 1.82) is 0 Å². The summed E-state index contributed by atoms with van der Waals surface area (Å²) in [4.78, 5) is 43.9.